The van der Waals surface area contributed by atoms with Crippen molar-refractivity contribution in [1.29, 1.82) is 0 Å². The van der Waals surface area contributed by atoms with Crippen LogP contribution in [0.15, 0.2) is 117 Å². The van der Waals surface area contributed by atoms with E-state index in [1.54, 1.807) is 43.3 Å². The minimum Gasteiger partial charge on any atom is -0.383 e. The lowest BCUT2D eigenvalue weighted by Crippen LogP contribution is -2.33. The minimum atomic E-state index is -4.44. The molecule has 0 aromatic heterocycles. The Morgan fingerprint density at radius 3 is 1.43 bits per heavy atom. The van der Waals surface area contributed by atoms with Crippen molar-refractivity contribution >= 4 is 63.4 Å². The van der Waals surface area contributed by atoms with E-state index < -0.39 is 58.3 Å². The lowest BCUT2D eigenvalue weighted by Gasteiger charge is -2.19. The second-order valence-corrected chi connectivity index (χ2v) is 20.5. The molecule has 16 nitrogen and oxygen atoms in total. The number of amides is 2. The van der Waals surface area contributed by atoms with E-state index in [0.717, 1.165) is 18.2 Å². The van der Waals surface area contributed by atoms with E-state index in [9.17, 15) is 48.4 Å². The molecule has 2 heterocycles. The van der Waals surface area contributed by atoms with Crippen molar-refractivity contribution in [2.24, 2.45) is 0 Å². The molecule has 4 aromatic rings. The van der Waals surface area contributed by atoms with E-state index in [2.05, 4.69) is 4.72 Å². The van der Waals surface area contributed by atoms with Gasteiger partial charge in [-0.05, 0) is 93.7 Å². The van der Waals surface area contributed by atoms with Gasteiger partial charge in [0.1, 0.15) is 6.10 Å². The number of rotatable bonds is 11. The number of aliphatic hydroxyl groups is 1. The average molecular weight is 849 g/mol. The van der Waals surface area contributed by atoms with E-state index in [-0.39, 0.29) is 38.5 Å². The number of nitrogens with zero attached hydrogens (tertiary/aromatic N) is 3. The Hall–Kier alpha value is -4.54. The molecule has 2 aliphatic heterocycles. The maximum atomic E-state index is 13.1. The normalized spacial score (nSPS) is 18.0. The van der Waals surface area contributed by atoms with Crippen LogP contribution in [0.3, 0.4) is 0 Å². The monoisotopic (exact) mass is 848 g/mol. The summed E-state index contributed by atoms with van der Waals surface area (Å²) in [5.41, 5.74) is 2.60. The molecule has 0 radical (unpaired) electrons. The third kappa shape index (κ3) is 9.02. The van der Waals surface area contributed by atoms with E-state index in [0.29, 0.717) is 28.1 Å². The minimum absolute atomic E-state index is 0.0615. The van der Waals surface area contributed by atoms with Crippen LogP contribution in [0.5, 0.6) is 0 Å². The van der Waals surface area contributed by atoms with Crippen LogP contribution >= 0.6 is 0 Å². The molecule has 6 rings (SSSR count). The first-order valence-electron chi connectivity index (χ1n) is 16.9. The maximum Gasteiger partial charge on any atom is 0.297 e. The van der Waals surface area contributed by atoms with Gasteiger partial charge in [-0.15, -0.1) is 0 Å². The second kappa shape index (κ2) is 16.5. The summed E-state index contributed by atoms with van der Waals surface area (Å²) < 4.78 is 108. The number of sulfonamides is 3. The van der Waals surface area contributed by atoms with Crippen LogP contribution in [-0.2, 0) is 54.0 Å². The molecule has 4 aromatic carbocycles. The molecule has 2 aliphatic rings. The van der Waals surface area contributed by atoms with Crippen LogP contribution in [0.2, 0.25) is 0 Å². The van der Waals surface area contributed by atoms with Crippen molar-refractivity contribution in [2.75, 3.05) is 37.0 Å². The fraction of sp³-hybridized carbons (Fsp3) is 0.278. The summed E-state index contributed by atoms with van der Waals surface area (Å²) in [6, 6.07) is 22.9. The molecule has 2 N–H and O–H groups in total. The topological polar surface area (TPSA) is 222 Å². The molecule has 2 unspecified atom stereocenters. The number of carbonyl (C=O) groups is 2. The second-order valence-electron chi connectivity index (χ2n) is 12.8. The predicted molar refractivity (Wildman–Crippen MR) is 206 cm³/mol. The summed E-state index contributed by atoms with van der Waals surface area (Å²) in [6.07, 6.45) is -1.67. The first-order valence-corrected chi connectivity index (χ1v) is 22.7. The molecule has 0 bridgehead atoms. The highest BCUT2D eigenvalue weighted by Crippen LogP contribution is 2.29. The molecular weight excluding hydrogens is 809 g/mol. The molecule has 0 saturated carbocycles. The quantitative estimate of drug-likeness (QED) is 0.208. The smallest absolute Gasteiger partial charge is 0.297 e. The number of nitrogens with one attached hydrogen (secondary N) is 1. The van der Waals surface area contributed by atoms with E-state index >= 15 is 0 Å². The summed E-state index contributed by atoms with van der Waals surface area (Å²) in [5.74, 6) is -0.936. The van der Waals surface area contributed by atoms with Crippen LogP contribution in [0, 0.1) is 13.8 Å². The molecule has 56 heavy (non-hydrogen) atoms. The van der Waals surface area contributed by atoms with Crippen molar-refractivity contribution in [1.82, 2.24) is 8.43 Å². The zero-order valence-corrected chi connectivity index (χ0v) is 33.9. The van der Waals surface area contributed by atoms with Crippen LogP contribution in [0.1, 0.15) is 24.0 Å². The highest BCUT2D eigenvalue weighted by Gasteiger charge is 2.38. The molecule has 300 valence electrons. The van der Waals surface area contributed by atoms with Gasteiger partial charge in [-0.1, -0.05) is 39.1 Å². The fourth-order valence-corrected chi connectivity index (χ4v) is 10.6. The Bertz CT molecular complexity index is 2530. The van der Waals surface area contributed by atoms with E-state index in [1.807, 2.05) is 6.92 Å². The van der Waals surface area contributed by atoms with Crippen LogP contribution in [0.25, 0.3) is 0 Å². The Kier molecular flexibility index (Phi) is 12.6. The molecular formula is C36H40N4O12S4. The molecule has 0 aliphatic carbocycles. The van der Waals surface area contributed by atoms with Crippen LogP contribution in [-0.4, -0.2) is 93.7 Å². The van der Waals surface area contributed by atoms with E-state index in [4.69, 9.17) is 4.18 Å². The van der Waals surface area contributed by atoms with Crippen molar-refractivity contribution in [2.45, 2.75) is 58.5 Å². The highest BCUT2D eigenvalue weighted by atomic mass is 32.3. The van der Waals surface area contributed by atoms with Gasteiger partial charge in [-0.25, -0.2) is 30.0 Å². The Labute approximate surface area is 326 Å². The van der Waals surface area contributed by atoms with Gasteiger partial charge in [0.05, 0.1) is 19.6 Å². The summed E-state index contributed by atoms with van der Waals surface area (Å²) in [5, 5.41) is 9.35. The molecule has 2 saturated heterocycles. The van der Waals surface area contributed by atoms with Gasteiger partial charge in [0.25, 0.3) is 42.0 Å². The molecule has 2 fully saturated rings. The summed E-state index contributed by atoms with van der Waals surface area (Å²) in [7, 11) is -14.1. The van der Waals surface area contributed by atoms with Gasteiger partial charge >= 0.3 is 0 Å². The largest absolute Gasteiger partial charge is 0.383 e. The van der Waals surface area contributed by atoms with Gasteiger partial charge in [-0.2, -0.15) is 8.42 Å². The van der Waals surface area contributed by atoms with E-state index in [1.165, 1.54) is 77.5 Å². The summed E-state index contributed by atoms with van der Waals surface area (Å²) >= 11 is 0. The zero-order valence-electron chi connectivity index (χ0n) is 30.6. The van der Waals surface area contributed by atoms with Gasteiger partial charge in [0.2, 0.25) is 10.0 Å². The Balaban J connectivity index is 0.000000278. The van der Waals surface area contributed by atoms with Crippen LogP contribution in [0.4, 0.5) is 11.4 Å². The van der Waals surface area contributed by atoms with Crippen molar-refractivity contribution < 1.29 is 52.5 Å². The van der Waals surface area contributed by atoms with Gasteiger partial charge in [0, 0.05) is 44.4 Å². The number of hydrogen-bond donors (Lipinski definition) is 2. The van der Waals surface area contributed by atoms with Crippen LogP contribution < -0.4 is 14.5 Å². The lowest BCUT2D eigenvalue weighted by atomic mass is 10.2. The lowest BCUT2D eigenvalue weighted by molar-refractivity contribution is -0.124. The SMILES string of the molecule is CNS(=O)(=O)c1ccc(N2CCC(O)C2=O)cc1.Cc1ccc(S(=O)(=O)OC2CCN(c3ccc(S(=O)(=O)N(C)S(=O)(=O)c4ccc(C)cc4)cc3)C2=O)cc1. The zero-order chi connectivity index (χ0) is 41.2. The summed E-state index contributed by atoms with van der Waals surface area (Å²) in [6.45, 7) is 4.19. The van der Waals surface area contributed by atoms with Gasteiger partial charge in [-0.3, -0.25) is 13.8 Å². The van der Waals surface area contributed by atoms with Crippen molar-refractivity contribution in [3.63, 3.8) is 0 Å². The molecule has 0 spiro atoms. The molecule has 2 atom stereocenters. The van der Waals surface area contributed by atoms with Crippen molar-refractivity contribution in [3.8, 4) is 0 Å². The fourth-order valence-electron chi connectivity index (χ4n) is 5.69. The Morgan fingerprint density at radius 2 is 1.00 bits per heavy atom. The molecule has 20 heteroatoms. The number of hydrogen-bond acceptors (Lipinski definition) is 12. The average Bonchev–Trinajstić information content (AvgIpc) is 3.70. The maximum absolute atomic E-state index is 13.1. The predicted octanol–water partition coefficient (Wildman–Crippen LogP) is 2.52. The number of carbonyl (C=O) groups excluding carboxylic acids is 2. The van der Waals surface area contributed by atoms with Crippen molar-refractivity contribution in [3.05, 3.63) is 108 Å². The Morgan fingerprint density at radius 1 is 0.607 bits per heavy atom. The third-order valence-corrected chi connectivity index (χ3v) is 16.1. The molecule has 2 amide bonds. The standard InChI is InChI=1S/C25H26N2O8S3.C11H14N2O4S/c1-18-4-10-21(11-5-18)36(29,30)26(3)37(31,32)22-14-8-20(9-15-22)27-17-16-24(25(27)28)35-38(33,34)23-12-6-19(2)7-13-23;1-12-18(16,17)9-4-2-8(3-5-9)13-7-6-10(14)11(13)15/h4-15,24H,16-17H2,1-3H3;2-5,10,12,14H,6-7H2,1H3. The number of aliphatic hydroxyl groups excluding tert-OH is 1. The first kappa shape index (κ1) is 42.6. The highest BCUT2D eigenvalue weighted by molar-refractivity contribution is 8.04. The first-order chi connectivity index (χ1) is 26.2. The summed E-state index contributed by atoms with van der Waals surface area (Å²) in [4.78, 5) is 26.8. The number of anilines is 2. The number of aryl methyl sites for hydroxylation is 2. The number of benzene rings is 4. The van der Waals surface area contributed by atoms with Gasteiger partial charge in [0.15, 0.2) is 6.10 Å². The van der Waals surface area contributed by atoms with Gasteiger partial charge < -0.3 is 14.9 Å². The third-order valence-electron chi connectivity index (χ3n) is 9.06.